The number of hydrogen-bond acceptors (Lipinski definition) is 1. The van der Waals surface area contributed by atoms with Gasteiger partial charge in [0.25, 0.3) is 0 Å². The molecule has 62 valence electrons. The zero-order valence-electron chi connectivity index (χ0n) is 5.89. The van der Waals surface area contributed by atoms with Crippen LogP contribution in [-0.2, 0) is 0 Å². The third kappa shape index (κ3) is 1.80. The Morgan fingerprint density at radius 3 is 2.67 bits per heavy atom. The van der Waals surface area contributed by atoms with Gasteiger partial charge in [-0.05, 0) is 18.2 Å². The Labute approximate surface area is 76.8 Å². The van der Waals surface area contributed by atoms with Crippen molar-refractivity contribution in [2.75, 3.05) is 0 Å². The third-order valence-electron chi connectivity index (χ3n) is 1.34. The number of hydrogen-bond donors (Lipinski definition) is 0. The van der Waals surface area contributed by atoms with Crippen molar-refractivity contribution < 1.29 is 8.78 Å². The van der Waals surface area contributed by atoms with Crippen molar-refractivity contribution in [2.24, 2.45) is 0 Å². The monoisotopic (exact) mass is 231 g/mol. The fourth-order valence-electron chi connectivity index (χ4n) is 0.778. The molecule has 0 aliphatic carbocycles. The maximum Gasteiger partial charge on any atom is 0.129 e. The standard InChI is InChI=1S/C8H4BrF2N/c9-7(4-12)6-3-5(10)1-2-8(6)11/h1-3,7H. The van der Waals surface area contributed by atoms with Gasteiger partial charge < -0.3 is 0 Å². The number of nitrogens with zero attached hydrogens (tertiary/aromatic N) is 1. The Hall–Kier alpha value is -0.950. The minimum absolute atomic E-state index is 0.0255. The fraction of sp³-hybridized carbons (Fsp3) is 0.125. The van der Waals surface area contributed by atoms with Crippen LogP contribution < -0.4 is 0 Å². The molecule has 12 heavy (non-hydrogen) atoms. The lowest BCUT2D eigenvalue weighted by Crippen LogP contribution is -1.92. The second kappa shape index (κ2) is 3.63. The molecular weight excluding hydrogens is 228 g/mol. The summed E-state index contributed by atoms with van der Waals surface area (Å²) in [6.45, 7) is 0. The topological polar surface area (TPSA) is 23.8 Å². The molecule has 0 radical (unpaired) electrons. The maximum atomic E-state index is 12.9. The molecule has 0 fully saturated rings. The quantitative estimate of drug-likeness (QED) is 0.683. The molecule has 0 amide bonds. The highest BCUT2D eigenvalue weighted by Crippen LogP contribution is 2.24. The van der Waals surface area contributed by atoms with E-state index in [0.717, 1.165) is 18.2 Å². The molecule has 1 unspecified atom stereocenters. The van der Waals surface area contributed by atoms with E-state index in [9.17, 15) is 8.78 Å². The molecule has 0 aliphatic rings. The Morgan fingerprint density at radius 2 is 2.08 bits per heavy atom. The number of halogens is 3. The van der Waals surface area contributed by atoms with Crippen LogP contribution in [-0.4, -0.2) is 0 Å². The smallest absolute Gasteiger partial charge is 0.129 e. The lowest BCUT2D eigenvalue weighted by molar-refractivity contribution is 0.589. The van der Waals surface area contributed by atoms with Crippen LogP contribution in [0.3, 0.4) is 0 Å². The normalized spacial score (nSPS) is 12.2. The highest BCUT2D eigenvalue weighted by atomic mass is 79.9. The highest BCUT2D eigenvalue weighted by molar-refractivity contribution is 9.09. The summed E-state index contributed by atoms with van der Waals surface area (Å²) in [6, 6.07) is 4.76. The summed E-state index contributed by atoms with van der Waals surface area (Å²) in [5, 5.41) is 8.42. The van der Waals surface area contributed by atoms with Crippen molar-refractivity contribution in [3.8, 4) is 6.07 Å². The first-order valence-corrected chi connectivity index (χ1v) is 4.05. The van der Waals surface area contributed by atoms with E-state index in [0.29, 0.717) is 0 Å². The second-order valence-corrected chi connectivity index (χ2v) is 3.07. The third-order valence-corrected chi connectivity index (χ3v) is 2.04. The summed E-state index contributed by atoms with van der Waals surface area (Å²) < 4.78 is 25.4. The second-order valence-electron chi connectivity index (χ2n) is 2.16. The summed E-state index contributed by atoms with van der Waals surface area (Å²) in [7, 11) is 0. The Bertz CT molecular complexity index is 332. The molecule has 0 spiro atoms. The van der Waals surface area contributed by atoms with Crippen molar-refractivity contribution in [3.05, 3.63) is 35.4 Å². The zero-order chi connectivity index (χ0) is 9.14. The van der Waals surface area contributed by atoms with E-state index < -0.39 is 16.5 Å². The lowest BCUT2D eigenvalue weighted by Gasteiger charge is -2.02. The predicted molar refractivity (Wildman–Crippen MR) is 43.6 cm³/mol. The van der Waals surface area contributed by atoms with Gasteiger partial charge in [-0.3, -0.25) is 0 Å². The summed E-state index contributed by atoms with van der Waals surface area (Å²) >= 11 is 2.90. The van der Waals surface area contributed by atoms with Crippen LogP contribution >= 0.6 is 15.9 Å². The van der Waals surface area contributed by atoms with Crippen LogP contribution in [0.1, 0.15) is 10.4 Å². The molecule has 1 aromatic carbocycles. The lowest BCUT2D eigenvalue weighted by atomic mass is 10.1. The van der Waals surface area contributed by atoms with Crippen molar-refractivity contribution in [1.29, 1.82) is 5.26 Å². The zero-order valence-corrected chi connectivity index (χ0v) is 7.48. The van der Waals surface area contributed by atoms with Crippen LogP contribution in [0.15, 0.2) is 18.2 Å². The molecule has 0 heterocycles. The minimum atomic E-state index is -0.798. The van der Waals surface area contributed by atoms with Crippen molar-refractivity contribution in [2.45, 2.75) is 4.83 Å². The fourth-order valence-corrected chi connectivity index (χ4v) is 1.13. The molecule has 4 heteroatoms. The molecule has 0 bridgehead atoms. The van der Waals surface area contributed by atoms with E-state index in [2.05, 4.69) is 15.9 Å². The van der Waals surface area contributed by atoms with Gasteiger partial charge in [0, 0.05) is 5.56 Å². The first-order valence-electron chi connectivity index (χ1n) is 3.14. The van der Waals surface area contributed by atoms with Gasteiger partial charge in [0.15, 0.2) is 0 Å². The summed E-state index contributed by atoms with van der Waals surface area (Å²) in [5.41, 5.74) is 0.0255. The summed E-state index contributed by atoms with van der Waals surface area (Å²) in [5.74, 6) is -1.13. The van der Waals surface area contributed by atoms with Gasteiger partial charge in [0.2, 0.25) is 0 Å². The Balaban J connectivity index is 3.15. The molecule has 1 rings (SSSR count). The van der Waals surface area contributed by atoms with Gasteiger partial charge >= 0.3 is 0 Å². The molecular formula is C8H4BrF2N. The first kappa shape index (κ1) is 9.14. The van der Waals surface area contributed by atoms with Gasteiger partial charge in [-0.25, -0.2) is 8.78 Å². The van der Waals surface area contributed by atoms with Crippen LogP contribution in [0.2, 0.25) is 0 Å². The number of nitriles is 1. The molecule has 0 aliphatic heterocycles. The van der Waals surface area contributed by atoms with Crippen molar-refractivity contribution in [3.63, 3.8) is 0 Å². The number of alkyl halides is 1. The number of rotatable bonds is 1. The van der Waals surface area contributed by atoms with Crippen LogP contribution in [0.5, 0.6) is 0 Å². The van der Waals surface area contributed by atoms with Crippen LogP contribution in [0.25, 0.3) is 0 Å². The van der Waals surface area contributed by atoms with Gasteiger partial charge in [0.1, 0.15) is 16.5 Å². The van der Waals surface area contributed by atoms with E-state index in [-0.39, 0.29) is 5.56 Å². The van der Waals surface area contributed by atoms with E-state index in [4.69, 9.17) is 5.26 Å². The molecule has 0 aromatic heterocycles. The highest BCUT2D eigenvalue weighted by Gasteiger charge is 2.11. The molecule has 0 saturated carbocycles. The van der Waals surface area contributed by atoms with Gasteiger partial charge in [-0.2, -0.15) is 5.26 Å². The average molecular weight is 232 g/mol. The first-order chi connectivity index (χ1) is 5.65. The Kier molecular flexibility index (Phi) is 2.77. The molecule has 1 atom stereocenters. The average Bonchev–Trinajstić information content (AvgIpc) is 2.08. The maximum absolute atomic E-state index is 12.9. The molecule has 0 saturated heterocycles. The summed E-state index contributed by atoms with van der Waals surface area (Å²) in [4.78, 5) is -0.798. The minimum Gasteiger partial charge on any atom is -0.207 e. The molecule has 1 nitrogen and oxygen atoms in total. The Morgan fingerprint density at radius 1 is 1.42 bits per heavy atom. The number of benzene rings is 1. The van der Waals surface area contributed by atoms with E-state index >= 15 is 0 Å². The molecule has 0 N–H and O–H groups in total. The van der Waals surface area contributed by atoms with Crippen LogP contribution in [0.4, 0.5) is 8.78 Å². The van der Waals surface area contributed by atoms with Crippen LogP contribution in [0, 0.1) is 23.0 Å². The SMILES string of the molecule is N#CC(Br)c1cc(F)ccc1F. The summed E-state index contributed by atoms with van der Waals surface area (Å²) in [6.07, 6.45) is 0. The van der Waals surface area contributed by atoms with Crippen molar-refractivity contribution >= 4 is 15.9 Å². The predicted octanol–water partition coefficient (Wildman–Crippen LogP) is 2.92. The largest absolute Gasteiger partial charge is 0.207 e. The van der Waals surface area contributed by atoms with E-state index in [1.165, 1.54) is 0 Å². The molecule has 1 aromatic rings. The van der Waals surface area contributed by atoms with Gasteiger partial charge in [-0.15, -0.1) is 0 Å². The van der Waals surface area contributed by atoms with Crippen molar-refractivity contribution in [1.82, 2.24) is 0 Å². The van der Waals surface area contributed by atoms with E-state index in [1.54, 1.807) is 6.07 Å². The van der Waals surface area contributed by atoms with Gasteiger partial charge in [0.05, 0.1) is 6.07 Å². The van der Waals surface area contributed by atoms with E-state index in [1.807, 2.05) is 0 Å². The van der Waals surface area contributed by atoms with Gasteiger partial charge in [-0.1, -0.05) is 15.9 Å².